The number of hydrogen-bond donors (Lipinski definition) is 1. The van der Waals surface area contributed by atoms with Crippen molar-refractivity contribution in [2.75, 3.05) is 85.9 Å². The molecule has 0 radical (unpaired) electrons. The lowest BCUT2D eigenvalue weighted by Gasteiger charge is -2.16. The number of carboxylic acids is 1. The number of carboxylic acid groups (broad SMARTS) is 1. The van der Waals surface area contributed by atoms with Gasteiger partial charge in [0.1, 0.15) is 6.61 Å². The molecule has 0 aliphatic rings. The SMILES string of the molecule is C[Si](C)(C)OCCOCCOCCOCCOCCOCCOCC(=O)O. The van der Waals surface area contributed by atoms with Gasteiger partial charge in [-0.3, -0.25) is 0 Å². The van der Waals surface area contributed by atoms with Gasteiger partial charge in [0.2, 0.25) is 0 Å². The standard InChI is InChI=1S/C17H36O9Si/c1-27(2,3)26-15-14-24-11-10-22-7-6-20-4-5-21-8-9-23-12-13-25-16-17(18)19/h4-16H2,1-3H3,(H,18,19). The van der Waals surface area contributed by atoms with Crippen LogP contribution in [0.5, 0.6) is 0 Å². The van der Waals surface area contributed by atoms with Crippen molar-refractivity contribution in [3.63, 3.8) is 0 Å². The van der Waals surface area contributed by atoms with Crippen LogP contribution in [0.15, 0.2) is 0 Å². The first-order valence-electron chi connectivity index (χ1n) is 9.24. The van der Waals surface area contributed by atoms with Gasteiger partial charge in [-0.05, 0) is 19.6 Å². The maximum atomic E-state index is 10.2. The van der Waals surface area contributed by atoms with E-state index in [-0.39, 0.29) is 13.2 Å². The molecule has 0 aromatic rings. The molecule has 10 heteroatoms. The summed E-state index contributed by atoms with van der Waals surface area (Å²) in [4.78, 5) is 10.2. The third kappa shape index (κ3) is 25.4. The van der Waals surface area contributed by atoms with Gasteiger partial charge in [0, 0.05) is 0 Å². The van der Waals surface area contributed by atoms with E-state index in [1.165, 1.54) is 0 Å². The van der Waals surface area contributed by atoms with E-state index in [2.05, 4.69) is 19.6 Å². The number of carbonyl (C=O) groups is 1. The first kappa shape index (κ1) is 26.4. The highest BCUT2D eigenvalue weighted by Gasteiger charge is 2.12. The fourth-order valence-electron chi connectivity index (χ4n) is 1.67. The van der Waals surface area contributed by atoms with Gasteiger partial charge in [-0.1, -0.05) is 0 Å². The molecule has 0 saturated heterocycles. The average molecular weight is 413 g/mol. The van der Waals surface area contributed by atoms with E-state index in [1.54, 1.807) is 0 Å². The van der Waals surface area contributed by atoms with Crippen molar-refractivity contribution in [3.05, 3.63) is 0 Å². The minimum absolute atomic E-state index is 0.257. The summed E-state index contributed by atoms with van der Waals surface area (Å²) in [6.45, 7) is 12.0. The molecule has 0 atom stereocenters. The monoisotopic (exact) mass is 412 g/mol. The molecule has 0 rings (SSSR count). The van der Waals surface area contributed by atoms with E-state index in [9.17, 15) is 4.79 Å². The molecular weight excluding hydrogens is 376 g/mol. The van der Waals surface area contributed by atoms with Crippen LogP contribution in [0.25, 0.3) is 0 Å². The number of ether oxygens (including phenoxy) is 6. The van der Waals surface area contributed by atoms with Crippen LogP contribution < -0.4 is 0 Å². The summed E-state index contributed by atoms with van der Waals surface area (Å²) >= 11 is 0. The summed E-state index contributed by atoms with van der Waals surface area (Å²) in [6.07, 6.45) is 0. The van der Waals surface area contributed by atoms with Gasteiger partial charge < -0.3 is 38.0 Å². The zero-order valence-electron chi connectivity index (χ0n) is 16.9. The quantitative estimate of drug-likeness (QED) is 0.219. The van der Waals surface area contributed by atoms with Crippen LogP contribution in [-0.2, 0) is 37.6 Å². The van der Waals surface area contributed by atoms with Crippen molar-refractivity contribution in [3.8, 4) is 0 Å². The van der Waals surface area contributed by atoms with Gasteiger partial charge in [-0.15, -0.1) is 0 Å². The van der Waals surface area contributed by atoms with Crippen LogP contribution in [-0.4, -0.2) is 105 Å². The maximum Gasteiger partial charge on any atom is 0.329 e. The second-order valence-electron chi connectivity index (χ2n) is 6.47. The highest BCUT2D eigenvalue weighted by atomic mass is 28.4. The summed E-state index contributed by atoms with van der Waals surface area (Å²) in [5.74, 6) is -0.986. The molecule has 27 heavy (non-hydrogen) atoms. The minimum Gasteiger partial charge on any atom is -0.480 e. The molecule has 0 amide bonds. The Morgan fingerprint density at radius 1 is 0.593 bits per heavy atom. The topological polar surface area (TPSA) is 102 Å². The largest absolute Gasteiger partial charge is 0.480 e. The zero-order valence-corrected chi connectivity index (χ0v) is 17.9. The molecule has 0 aromatic carbocycles. The lowest BCUT2D eigenvalue weighted by molar-refractivity contribution is -0.142. The maximum absolute atomic E-state index is 10.2. The highest BCUT2D eigenvalue weighted by Crippen LogP contribution is 2.01. The predicted octanol–water partition coefficient (Wildman–Crippen LogP) is 1.02. The Bertz CT molecular complexity index is 337. The predicted molar refractivity (Wildman–Crippen MR) is 102 cm³/mol. The smallest absolute Gasteiger partial charge is 0.329 e. The summed E-state index contributed by atoms with van der Waals surface area (Å²) < 4.78 is 37.2. The van der Waals surface area contributed by atoms with E-state index < -0.39 is 14.3 Å². The summed E-state index contributed by atoms with van der Waals surface area (Å²) in [5, 5.41) is 8.37. The molecule has 0 heterocycles. The second kappa shape index (κ2) is 18.8. The van der Waals surface area contributed by atoms with E-state index in [4.69, 9.17) is 38.0 Å². The fraction of sp³-hybridized carbons (Fsp3) is 0.941. The van der Waals surface area contributed by atoms with E-state index in [1.807, 2.05) is 0 Å². The van der Waals surface area contributed by atoms with Gasteiger partial charge >= 0.3 is 5.97 Å². The number of rotatable bonds is 21. The Morgan fingerprint density at radius 2 is 0.889 bits per heavy atom. The Labute approximate surface area is 163 Å². The van der Waals surface area contributed by atoms with Crippen LogP contribution >= 0.6 is 0 Å². The molecule has 0 fully saturated rings. The van der Waals surface area contributed by atoms with E-state index >= 15 is 0 Å². The first-order chi connectivity index (χ1) is 12.9. The summed E-state index contributed by atoms with van der Waals surface area (Å²) in [5.41, 5.74) is 0. The Balaban J connectivity index is 3.04. The van der Waals surface area contributed by atoms with Crippen LogP contribution in [0.3, 0.4) is 0 Å². The van der Waals surface area contributed by atoms with Crippen LogP contribution in [0, 0.1) is 0 Å². The second-order valence-corrected chi connectivity index (χ2v) is 11.0. The molecule has 0 aliphatic carbocycles. The lowest BCUT2D eigenvalue weighted by atomic mass is 10.6. The van der Waals surface area contributed by atoms with Crippen molar-refractivity contribution >= 4 is 14.3 Å². The highest BCUT2D eigenvalue weighted by molar-refractivity contribution is 6.69. The average Bonchev–Trinajstić information content (AvgIpc) is 2.58. The zero-order chi connectivity index (χ0) is 20.2. The van der Waals surface area contributed by atoms with Crippen molar-refractivity contribution in [1.29, 1.82) is 0 Å². The van der Waals surface area contributed by atoms with Crippen LogP contribution in [0.1, 0.15) is 0 Å². The molecule has 0 saturated carbocycles. The summed E-state index contributed by atoms with van der Waals surface area (Å²) in [7, 11) is -1.44. The molecule has 162 valence electrons. The Morgan fingerprint density at radius 3 is 1.19 bits per heavy atom. The molecule has 0 aliphatic heterocycles. The lowest BCUT2D eigenvalue weighted by Crippen LogP contribution is -2.27. The van der Waals surface area contributed by atoms with Crippen molar-refractivity contribution < 1.29 is 42.7 Å². The van der Waals surface area contributed by atoms with Gasteiger partial charge in [-0.25, -0.2) is 4.79 Å². The molecule has 9 nitrogen and oxygen atoms in total. The fourth-order valence-corrected chi connectivity index (χ4v) is 2.36. The molecule has 0 spiro atoms. The van der Waals surface area contributed by atoms with Gasteiger partial charge in [0.05, 0.1) is 79.3 Å². The van der Waals surface area contributed by atoms with Crippen LogP contribution in [0.2, 0.25) is 19.6 Å². The van der Waals surface area contributed by atoms with Crippen LogP contribution in [0.4, 0.5) is 0 Å². The third-order valence-corrected chi connectivity index (χ3v) is 3.92. The molecular formula is C17H36O9Si. The van der Waals surface area contributed by atoms with E-state index in [0.29, 0.717) is 72.7 Å². The normalized spacial score (nSPS) is 11.8. The molecule has 0 bridgehead atoms. The van der Waals surface area contributed by atoms with Gasteiger partial charge in [0.25, 0.3) is 0 Å². The van der Waals surface area contributed by atoms with Gasteiger partial charge in [-0.2, -0.15) is 0 Å². The Hall–Kier alpha value is -0.593. The van der Waals surface area contributed by atoms with Crippen molar-refractivity contribution in [1.82, 2.24) is 0 Å². The van der Waals surface area contributed by atoms with Gasteiger partial charge in [0.15, 0.2) is 8.32 Å². The van der Waals surface area contributed by atoms with Crippen molar-refractivity contribution in [2.24, 2.45) is 0 Å². The summed E-state index contributed by atoms with van der Waals surface area (Å²) in [6, 6.07) is 0. The third-order valence-electron chi connectivity index (χ3n) is 2.85. The molecule has 1 N–H and O–H groups in total. The number of hydrogen-bond acceptors (Lipinski definition) is 8. The number of aliphatic carboxylic acids is 1. The minimum atomic E-state index is -1.44. The molecule has 0 unspecified atom stereocenters. The van der Waals surface area contributed by atoms with E-state index in [0.717, 1.165) is 0 Å². The van der Waals surface area contributed by atoms with Crippen molar-refractivity contribution in [2.45, 2.75) is 19.6 Å². The molecule has 0 aromatic heterocycles. The Kier molecular flexibility index (Phi) is 18.3. The first-order valence-corrected chi connectivity index (χ1v) is 12.6.